The highest BCUT2D eigenvalue weighted by atomic mass is 19.4. The van der Waals surface area contributed by atoms with Crippen molar-refractivity contribution in [3.05, 3.63) is 17.7 Å². The first-order chi connectivity index (χ1) is 10.2. The summed E-state index contributed by atoms with van der Waals surface area (Å²) >= 11 is 0. The summed E-state index contributed by atoms with van der Waals surface area (Å²) < 4.78 is 38.7. The third kappa shape index (κ3) is 4.77. The maximum absolute atomic E-state index is 12.6. The lowest BCUT2D eigenvalue weighted by Gasteiger charge is -2.25. The lowest BCUT2D eigenvalue weighted by atomic mass is 10.2. The normalized spacial score (nSPS) is 11.1. The summed E-state index contributed by atoms with van der Waals surface area (Å²) in [6.45, 7) is 1.51. The number of carbonyl (C=O) groups excluding carboxylic acids is 1. The number of aromatic nitrogens is 2. The molecule has 22 heavy (non-hydrogen) atoms. The molecule has 0 aliphatic rings. The average molecular weight is 313 g/mol. The molecule has 6 nitrogen and oxygen atoms in total. The van der Waals surface area contributed by atoms with Gasteiger partial charge in [0.25, 0.3) is 0 Å². The number of alkyl halides is 3. The molecule has 1 rings (SSSR count). The number of halogens is 3. The Bertz CT molecular complexity index is 621. The topological polar surface area (TPSA) is 85.7 Å². The summed E-state index contributed by atoms with van der Waals surface area (Å²) in [7, 11) is 0. The van der Waals surface area contributed by atoms with Gasteiger partial charge in [0.15, 0.2) is 11.4 Å². The van der Waals surface area contributed by atoms with E-state index >= 15 is 0 Å². The smallest absolute Gasteiger partial charge is 0.332 e. The second kappa shape index (κ2) is 6.94. The van der Waals surface area contributed by atoms with E-state index in [4.69, 9.17) is 10.5 Å². The minimum absolute atomic E-state index is 0.0555. The first-order valence-corrected chi connectivity index (χ1v) is 6.37. The maximum atomic E-state index is 12.6. The fourth-order valence-electron chi connectivity index (χ4n) is 1.86. The molecule has 0 aromatic carbocycles. The SMILES string of the molecule is CC(C)CN(CC(F)(F)F)C(=O)Cn1cnc(C#N)c1C#N. The molecule has 0 N–H and O–H groups in total. The maximum Gasteiger partial charge on any atom is 0.406 e. The van der Waals surface area contributed by atoms with E-state index in [0.29, 0.717) is 4.90 Å². The van der Waals surface area contributed by atoms with Crippen molar-refractivity contribution in [2.24, 2.45) is 5.92 Å². The van der Waals surface area contributed by atoms with Gasteiger partial charge in [-0.05, 0) is 5.92 Å². The fraction of sp³-hybridized carbons (Fsp3) is 0.538. The van der Waals surface area contributed by atoms with E-state index in [2.05, 4.69) is 4.98 Å². The Kier molecular flexibility index (Phi) is 5.52. The van der Waals surface area contributed by atoms with E-state index in [9.17, 15) is 18.0 Å². The summed E-state index contributed by atoms with van der Waals surface area (Å²) in [5.41, 5.74) is -0.311. The highest BCUT2D eigenvalue weighted by Gasteiger charge is 2.33. The molecule has 0 fully saturated rings. The van der Waals surface area contributed by atoms with E-state index in [1.807, 2.05) is 0 Å². The largest absolute Gasteiger partial charge is 0.406 e. The van der Waals surface area contributed by atoms with E-state index in [0.717, 1.165) is 10.9 Å². The number of amides is 1. The van der Waals surface area contributed by atoms with Crippen molar-refractivity contribution < 1.29 is 18.0 Å². The number of nitriles is 2. The van der Waals surface area contributed by atoms with Crippen LogP contribution >= 0.6 is 0 Å². The summed E-state index contributed by atoms with van der Waals surface area (Å²) in [5.74, 6) is -0.927. The summed E-state index contributed by atoms with van der Waals surface area (Å²) in [6.07, 6.45) is -3.41. The predicted octanol–water partition coefficient (Wildman–Crippen LogP) is 1.67. The van der Waals surface area contributed by atoms with Gasteiger partial charge in [-0.15, -0.1) is 0 Å². The molecule has 0 spiro atoms. The standard InChI is InChI=1S/C13H14F3N5O/c1-9(2)5-20(7-13(14,15)16)12(22)6-21-8-19-10(3-17)11(21)4-18/h8-9H,5-7H2,1-2H3. The highest BCUT2D eigenvalue weighted by Crippen LogP contribution is 2.18. The zero-order chi connectivity index (χ0) is 16.9. The molecule has 0 saturated heterocycles. The van der Waals surface area contributed by atoms with Crippen LogP contribution in [0.15, 0.2) is 6.33 Å². The monoisotopic (exact) mass is 313 g/mol. The van der Waals surface area contributed by atoms with Gasteiger partial charge >= 0.3 is 6.18 Å². The molecule has 1 aromatic heterocycles. The van der Waals surface area contributed by atoms with Gasteiger partial charge < -0.3 is 9.47 Å². The van der Waals surface area contributed by atoms with Crippen LogP contribution in [0, 0.1) is 28.6 Å². The van der Waals surface area contributed by atoms with E-state index in [-0.39, 0.29) is 23.9 Å². The number of hydrogen-bond donors (Lipinski definition) is 0. The van der Waals surface area contributed by atoms with E-state index < -0.39 is 25.2 Å². The number of hydrogen-bond acceptors (Lipinski definition) is 4. The van der Waals surface area contributed by atoms with Crippen LogP contribution in [0.2, 0.25) is 0 Å². The van der Waals surface area contributed by atoms with Crippen molar-refractivity contribution in [1.82, 2.24) is 14.5 Å². The quantitative estimate of drug-likeness (QED) is 0.827. The van der Waals surface area contributed by atoms with E-state index in [1.165, 1.54) is 0 Å². The minimum atomic E-state index is -4.50. The minimum Gasteiger partial charge on any atom is -0.332 e. The Morgan fingerprint density at radius 1 is 1.41 bits per heavy atom. The van der Waals surface area contributed by atoms with Crippen molar-refractivity contribution in [1.29, 1.82) is 10.5 Å². The van der Waals surface area contributed by atoms with Gasteiger partial charge in [-0.25, -0.2) is 4.98 Å². The van der Waals surface area contributed by atoms with Crippen LogP contribution in [-0.4, -0.2) is 39.6 Å². The zero-order valence-corrected chi connectivity index (χ0v) is 12.1. The lowest BCUT2D eigenvalue weighted by molar-refractivity contribution is -0.162. The Labute approximate surface area is 125 Å². The van der Waals surface area contributed by atoms with Crippen molar-refractivity contribution in [2.75, 3.05) is 13.1 Å². The molecule has 0 aliphatic heterocycles. The summed E-state index contributed by atoms with van der Waals surface area (Å²) in [4.78, 5) is 16.4. The Hall–Kier alpha value is -2.55. The van der Waals surface area contributed by atoms with Crippen LogP contribution in [0.5, 0.6) is 0 Å². The van der Waals surface area contributed by atoms with Crippen LogP contribution in [0.25, 0.3) is 0 Å². The number of carbonyl (C=O) groups is 1. The molecule has 1 aromatic rings. The van der Waals surface area contributed by atoms with Crippen molar-refractivity contribution in [3.63, 3.8) is 0 Å². The van der Waals surface area contributed by atoms with Crippen LogP contribution in [0.1, 0.15) is 25.2 Å². The zero-order valence-electron chi connectivity index (χ0n) is 12.1. The van der Waals surface area contributed by atoms with Gasteiger partial charge in [-0.3, -0.25) is 4.79 Å². The molecule has 0 aliphatic carbocycles. The molecule has 118 valence electrons. The highest BCUT2D eigenvalue weighted by molar-refractivity contribution is 5.76. The molecule has 1 heterocycles. The van der Waals surface area contributed by atoms with Crippen molar-refractivity contribution in [2.45, 2.75) is 26.6 Å². The summed E-state index contributed by atoms with van der Waals surface area (Å²) in [5, 5.41) is 17.7. The first-order valence-electron chi connectivity index (χ1n) is 6.37. The van der Waals surface area contributed by atoms with Gasteiger partial charge in [-0.1, -0.05) is 13.8 Å². The average Bonchev–Trinajstić information content (AvgIpc) is 2.77. The Morgan fingerprint density at radius 3 is 2.50 bits per heavy atom. The van der Waals surface area contributed by atoms with E-state index in [1.54, 1.807) is 26.0 Å². The second-order valence-corrected chi connectivity index (χ2v) is 5.08. The lowest BCUT2D eigenvalue weighted by Crippen LogP contribution is -2.42. The molecule has 0 bridgehead atoms. The molecule has 0 atom stereocenters. The molecule has 1 amide bonds. The van der Waals surface area contributed by atoms with Crippen LogP contribution in [0.3, 0.4) is 0 Å². The fourth-order valence-corrected chi connectivity index (χ4v) is 1.86. The molecule has 0 saturated carbocycles. The van der Waals surface area contributed by atoms with Gasteiger partial charge in [0, 0.05) is 6.54 Å². The first kappa shape index (κ1) is 17.5. The van der Waals surface area contributed by atoms with Crippen LogP contribution in [-0.2, 0) is 11.3 Å². The molecular formula is C13H14F3N5O. The molecule has 0 unspecified atom stereocenters. The van der Waals surface area contributed by atoms with Crippen LogP contribution in [0.4, 0.5) is 13.2 Å². The second-order valence-electron chi connectivity index (χ2n) is 5.08. The number of rotatable bonds is 5. The van der Waals surface area contributed by atoms with Crippen LogP contribution < -0.4 is 0 Å². The van der Waals surface area contributed by atoms with Gasteiger partial charge in [0.1, 0.15) is 25.2 Å². The van der Waals surface area contributed by atoms with Crippen molar-refractivity contribution >= 4 is 5.91 Å². The van der Waals surface area contributed by atoms with Gasteiger partial charge in [0.05, 0.1) is 6.33 Å². The van der Waals surface area contributed by atoms with Crippen molar-refractivity contribution in [3.8, 4) is 12.1 Å². The molecule has 9 heteroatoms. The summed E-state index contributed by atoms with van der Waals surface area (Å²) in [6, 6.07) is 3.39. The number of imidazole rings is 1. The molecular weight excluding hydrogens is 299 g/mol. The third-order valence-electron chi connectivity index (χ3n) is 2.66. The molecule has 0 radical (unpaired) electrons. The van der Waals surface area contributed by atoms with Gasteiger partial charge in [-0.2, -0.15) is 23.7 Å². The number of nitrogens with zero attached hydrogens (tertiary/aromatic N) is 5. The van der Waals surface area contributed by atoms with Gasteiger partial charge in [0.2, 0.25) is 5.91 Å². The predicted molar refractivity (Wildman–Crippen MR) is 69.1 cm³/mol. The Balaban J connectivity index is 2.94. The third-order valence-corrected chi connectivity index (χ3v) is 2.66. The Morgan fingerprint density at radius 2 is 2.05 bits per heavy atom.